The SMILES string of the molecule is Cc1ccc(C(=O)C(Cl)S(C)(=O)=O)cc1. The number of hydrogen-bond donors (Lipinski definition) is 0. The summed E-state index contributed by atoms with van der Waals surface area (Å²) in [6, 6.07) is 6.61. The van der Waals surface area contributed by atoms with Crippen LogP contribution in [-0.4, -0.2) is 25.2 Å². The third kappa shape index (κ3) is 3.04. The molecular weight excluding hydrogens is 236 g/mol. The maximum Gasteiger partial charge on any atom is 0.197 e. The van der Waals surface area contributed by atoms with E-state index in [2.05, 4.69) is 0 Å². The predicted octanol–water partition coefficient (Wildman–Crippen LogP) is 1.79. The standard InChI is InChI=1S/C10H11ClO3S/c1-7-3-5-8(6-4-7)9(12)10(11)15(2,13)14/h3-6,10H,1-2H3. The largest absolute Gasteiger partial charge is 0.291 e. The molecule has 1 unspecified atom stereocenters. The lowest BCUT2D eigenvalue weighted by atomic mass is 10.1. The van der Waals surface area contributed by atoms with E-state index in [9.17, 15) is 13.2 Å². The molecule has 0 aromatic heterocycles. The zero-order chi connectivity index (χ0) is 11.6. The van der Waals surface area contributed by atoms with Gasteiger partial charge in [0.2, 0.25) is 0 Å². The van der Waals surface area contributed by atoms with Crippen molar-refractivity contribution in [2.24, 2.45) is 0 Å². The van der Waals surface area contributed by atoms with Gasteiger partial charge in [-0.1, -0.05) is 41.4 Å². The minimum Gasteiger partial charge on any atom is -0.291 e. The second kappa shape index (κ2) is 4.33. The summed E-state index contributed by atoms with van der Waals surface area (Å²) in [5.74, 6) is -0.584. The molecule has 0 aliphatic rings. The van der Waals surface area contributed by atoms with E-state index in [1.54, 1.807) is 24.3 Å². The van der Waals surface area contributed by atoms with Gasteiger partial charge in [0.15, 0.2) is 20.3 Å². The van der Waals surface area contributed by atoms with Crippen molar-refractivity contribution >= 4 is 27.2 Å². The van der Waals surface area contributed by atoms with Crippen LogP contribution in [-0.2, 0) is 9.84 Å². The molecule has 0 bridgehead atoms. The predicted molar refractivity (Wildman–Crippen MR) is 60.0 cm³/mol. The first kappa shape index (κ1) is 12.2. The summed E-state index contributed by atoms with van der Waals surface area (Å²) in [6.45, 7) is 1.88. The first-order valence-corrected chi connectivity index (χ1v) is 6.65. The van der Waals surface area contributed by atoms with Crippen molar-refractivity contribution in [1.29, 1.82) is 0 Å². The molecule has 1 aromatic carbocycles. The van der Waals surface area contributed by atoms with Crippen LogP contribution in [0.1, 0.15) is 15.9 Å². The van der Waals surface area contributed by atoms with Crippen LogP contribution in [0.4, 0.5) is 0 Å². The van der Waals surface area contributed by atoms with Gasteiger partial charge in [0.05, 0.1) is 0 Å². The van der Waals surface area contributed by atoms with E-state index in [1.807, 2.05) is 6.92 Å². The molecule has 5 heteroatoms. The Bertz CT molecular complexity index is 462. The van der Waals surface area contributed by atoms with Crippen molar-refractivity contribution in [2.75, 3.05) is 6.26 Å². The summed E-state index contributed by atoms with van der Waals surface area (Å²) in [5, 5.41) is 0. The molecule has 0 aliphatic heterocycles. The first-order valence-electron chi connectivity index (χ1n) is 4.26. The quantitative estimate of drug-likeness (QED) is 0.604. The third-order valence-electron chi connectivity index (χ3n) is 1.92. The summed E-state index contributed by atoms with van der Waals surface area (Å²) >= 11 is 5.54. The second-order valence-electron chi connectivity index (χ2n) is 3.38. The zero-order valence-corrected chi connectivity index (χ0v) is 9.97. The fourth-order valence-electron chi connectivity index (χ4n) is 1.04. The van der Waals surface area contributed by atoms with Gasteiger partial charge in [-0.15, -0.1) is 0 Å². The highest BCUT2D eigenvalue weighted by Gasteiger charge is 2.26. The maximum absolute atomic E-state index is 11.6. The number of rotatable bonds is 3. The number of alkyl halides is 1. The number of carbonyl (C=O) groups is 1. The lowest BCUT2D eigenvalue weighted by Crippen LogP contribution is -2.23. The van der Waals surface area contributed by atoms with Crippen LogP contribution in [0.25, 0.3) is 0 Å². The summed E-state index contributed by atoms with van der Waals surface area (Å²) in [4.78, 5) is 11.6. The van der Waals surface area contributed by atoms with Crippen molar-refractivity contribution in [3.05, 3.63) is 35.4 Å². The molecule has 1 atom stereocenters. The Morgan fingerprint density at radius 1 is 1.27 bits per heavy atom. The van der Waals surface area contributed by atoms with E-state index < -0.39 is 20.3 Å². The van der Waals surface area contributed by atoms with E-state index in [1.165, 1.54) is 0 Å². The fraction of sp³-hybridized carbons (Fsp3) is 0.300. The van der Waals surface area contributed by atoms with Crippen LogP contribution < -0.4 is 0 Å². The molecule has 0 amide bonds. The third-order valence-corrected chi connectivity index (χ3v) is 4.05. The molecule has 0 fully saturated rings. The van der Waals surface area contributed by atoms with Crippen molar-refractivity contribution in [3.63, 3.8) is 0 Å². The number of hydrogen-bond acceptors (Lipinski definition) is 3. The van der Waals surface area contributed by atoms with Crippen molar-refractivity contribution in [1.82, 2.24) is 0 Å². The Balaban J connectivity index is 3.01. The average molecular weight is 247 g/mol. The van der Waals surface area contributed by atoms with Crippen LogP contribution in [0, 0.1) is 6.92 Å². The van der Waals surface area contributed by atoms with E-state index >= 15 is 0 Å². The molecule has 0 heterocycles. The normalized spacial score (nSPS) is 13.5. The van der Waals surface area contributed by atoms with Crippen LogP contribution in [0.5, 0.6) is 0 Å². The number of halogens is 1. The lowest BCUT2D eigenvalue weighted by molar-refractivity contribution is 0.101. The highest BCUT2D eigenvalue weighted by atomic mass is 35.5. The molecular formula is C10H11ClO3S. The first-order chi connectivity index (χ1) is 6.82. The number of Topliss-reactive ketones (excluding diaryl/α,β-unsaturated/α-hetero) is 1. The summed E-state index contributed by atoms with van der Waals surface area (Å²) in [5.41, 5.74) is 1.31. The van der Waals surface area contributed by atoms with Crippen LogP contribution >= 0.6 is 11.6 Å². The fourth-order valence-corrected chi connectivity index (χ4v) is 1.69. The van der Waals surface area contributed by atoms with Crippen molar-refractivity contribution in [2.45, 2.75) is 11.6 Å². The van der Waals surface area contributed by atoms with Gasteiger partial charge in [0, 0.05) is 11.8 Å². The lowest BCUT2D eigenvalue weighted by Gasteiger charge is -2.06. The van der Waals surface area contributed by atoms with Gasteiger partial charge in [-0.2, -0.15) is 0 Å². The van der Waals surface area contributed by atoms with Crippen LogP contribution in [0.15, 0.2) is 24.3 Å². The van der Waals surface area contributed by atoms with E-state index in [0.717, 1.165) is 11.8 Å². The minimum atomic E-state index is -3.54. The maximum atomic E-state index is 11.6. The molecule has 1 aromatic rings. The molecule has 1 rings (SSSR count). The Hall–Kier alpha value is -0.870. The highest BCUT2D eigenvalue weighted by molar-refractivity contribution is 7.93. The number of carbonyl (C=O) groups excluding carboxylic acids is 1. The average Bonchev–Trinajstić information content (AvgIpc) is 2.15. The molecule has 0 aliphatic carbocycles. The van der Waals surface area contributed by atoms with Gasteiger partial charge in [-0.05, 0) is 6.92 Å². The van der Waals surface area contributed by atoms with E-state index in [4.69, 9.17) is 11.6 Å². The molecule has 0 N–H and O–H groups in total. The zero-order valence-electron chi connectivity index (χ0n) is 8.40. The molecule has 15 heavy (non-hydrogen) atoms. The number of ketones is 1. The van der Waals surface area contributed by atoms with Gasteiger partial charge < -0.3 is 0 Å². The van der Waals surface area contributed by atoms with Gasteiger partial charge in [-0.3, -0.25) is 4.79 Å². The summed E-state index contributed by atoms with van der Waals surface area (Å²) in [7, 11) is -3.54. The number of aryl methyl sites for hydroxylation is 1. The molecule has 0 saturated carbocycles. The van der Waals surface area contributed by atoms with Crippen LogP contribution in [0.2, 0.25) is 0 Å². The minimum absolute atomic E-state index is 0.311. The smallest absolute Gasteiger partial charge is 0.197 e. The molecule has 82 valence electrons. The molecule has 0 spiro atoms. The number of benzene rings is 1. The Kier molecular flexibility index (Phi) is 3.52. The van der Waals surface area contributed by atoms with Crippen molar-refractivity contribution < 1.29 is 13.2 Å². The monoisotopic (exact) mass is 246 g/mol. The molecule has 3 nitrogen and oxygen atoms in total. The Morgan fingerprint density at radius 2 is 1.73 bits per heavy atom. The Labute approximate surface area is 94.0 Å². The molecule has 0 saturated heterocycles. The highest BCUT2D eigenvalue weighted by Crippen LogP contribution is 2.14. The second-order valence-corrected chi connectivity index (χ2v) is 6.20. The van der Waals surface area contributed by atoms with E-state index in [-0.39, 0.29) is 0 Å². The molecule has 0 radical (unpaired) electrons. The van der Waals surface area contributed by atoms with Gasteiger partial charge in [-0.25, -0.2) is 8.42 Å². The Morgan fingerprint density at radius 3 is 2.13 bits per heavy atom. The van der Waals surface area contributed by atoms with E-state index in [0.29, 0.717) is 5.56 Å². The van der Waals surface area contributed by atoms with Crippen LogP contribution in [0.3, 0.4) is 0 Å². The topological polar surface area (TPSA) is 51.2 Å². The van der Waals surface area contributed by atoms with Crippen molar-refractivity contribution in [3.8, 4) is 0 Å². The summed E-state index contributed by atoms with van der Waals surface area (Å²) < 4.78 is 20.6. The summed E-state index contributed by atoms with van der Waals surface area (Å²) in [6.07, 6.45) is 0.941. The van der Waals surface area contributed by atoms with Gasteiger partial charge >= 0.3 is 0 Å². The van der Waals surface area contributed by atoms with Gasteiger partial charge in [0.1, 0.15) is 0 Å². The number of sulfone groups is 1. The van der Waals surface area contributed by atoms with Gasteiger partial charge in [0.25, 0.3) is 0 Å².